The van der Waals surface area contributed by atoms with Crippen molar-refractivity contribution >= 4 is 5.97 Å². The third kappa shape index (κ3) is 2.92. The fraction of sp³-hybridized carbons (Fsp3) is 0.562. The third-order valence-electron chi connectivity index (χ3n) is 3.90. The van der Waals surface area contributed by atoms with Crippen molar-refractivity contribution < 1.29 is 9.53 Å². The van der Waals surface area contributed by atoms with E-state index >= 15 is 0 Å². The zero-order valence-electron chi connectivity index (χ0n) is 11.3. The van der Waals surface area contributed by atoms with Crippen molar-refractivity contribution in [2.24, 2.45) is 5.92 Å². The Hall–Kier alpha value is -1.31. The van der Waals surface area contributed by atoms with Crippen LogP contribution >= 0.6 is 0 Å². The number of hydrogen-bond acceptors (Lipinski definition) is 2. The highest BCUT2D eigenvalue weighted by molar-refractivity contribution is 5.72. The Morgan fingerprint density at radius 1 is 1.28 bits per heavy atom. The third-order valence-corrected chi connectivity index (χ3v) is 3.90. The van der Waals surface area contributed by atoms with Crippen LogP contribution in [0.2, 0.25) is 0 Å². The Balaban J connectivity index is 1.95. The van der Waals surface area contributed by atoms with Crippen molar-refractivity contribution in [3.63, 3.8) is 0 Å². The molecule has 0 aliphatic heterocycles. The van der Waals surface area contributed by atoms with Gasteiger partial charge in [0.05, 0.1) is 5.92 Å². The van der Waals surface area contributed by atoms with Crippen molar-refractivity contribution in [3.05, 3.63) is 35.4 Å². The lowest BCUT2D eigenvalue weighted by Crippen LogP contribution is -2.28. The van der Waals surface area contributed by atoms with Crippen molar-refractivity contribution in [2.45, 2.75) is 52.1 Å². The molecule has 0 N–H and O–H groups in total. The van der Waals surface area contributed by atoms with Gasteiger partial charge >= 0.3 is 5.97 Å². The van der Waals surface area contributed by atoms with Gasteiger partial charge in [0.15, 0.2) is 0 Å². The zero-order valence-corrected chi connectivity index (χ0v) is 11.3. The van der Waals surface area contributed by atoms with Gasteiger partial charge in [0.2, 0.25) is 0 Å². The average Bonchev–Trinajstić information content (AvgIpc) is 2.40. The van der Waals surface area contributed by atoms with Gasteiger partial charge in [-0.1, -0.05) is 38.1 Å². The number of carbonyl (C=O) groups is 1. The van der Waals surface area contributed by atoms with E-state index < -0.39 is 0 Å². The minimum Gasteiger partial charge on any atom is -0.462 e. The summed E-state index contributed by atoms with van der Waals surface area (Å²) in [6.45, 7) is 4.09. The lowest BCUT2D eigenvalue weighted by atomic mass is 9.90. The van der Waals surface area contributed by atoms with Gasteiger partial charge in [-0.15, -0.1) is 0 Å². The van der Waals surface area contributed by atoms with Crippen LogP contribution in [0.4, 0.5) is 0 Å². The molecule has 0 amide bonds. The highest BCUT2D eigenvalue weighted by Gasteiger charge is 2.24. The monoisotopic (exact) mass is 246 g/mol. The van der Waals surface area contributed by atoms with Gasteiger partial charge in [-0.05, 0) is 36.8 Å². The van der Waals surface area contributed by atoms with E-state index in [9.17, 15) is 4.79 Å². The highest BCUT2D eigenvalue weighted by Crippen LogP contribution is 2.24. The first-order valence-corrected chi connectivity index (χ1v) is 7.01. The van der Waals surface area contributed by atoms with E-state index in [0.717, 1.165) is 32.1 Å². The van der Waals surface area contributed by atoms with Gasteiger partial charge in [0.1, 0.15) is 6.10 Å². The summed E-state index contributed by atoms with van der Waals surface area (Å²) < 4.78 is 5.65. The van der Waals surface area contributed by atoms with E-state index in [1.165, 1.54) is 11.1 Å². The van der Waals surface area contributed by atoms with E-state index in [4.69, 9.17) is 4.74 Å². The maximum absolute atomic E-state index is 12.0. The predicted molar refractivity (Wildman–Crippen MR) is 72.4 cm³/mol. The van der Waals surface area contributed by atoms with Gasteiger partial charge in [0.25, 0.3) is 0 Å². The summed E-state index contributed by atoms with van der Waals surface area (Å²) in [7, 11) is 0. The van der Waals surface area contributed by atoms with Gasteiger partial charge in [-0.3, -0.25) is 4.79 Å². The molecule has 18 heavy (non-hydrogen) atoms. The second-order valence-electron chi connectivity index (χ2n) is 5.08. The van der Waals surface area contributed by atoms with Gasteiger partial charge in [-0.2, -0.15) is 0 Å². The van der Waals surface area contributed by atoms with Crippen LogP contribution in [0.15, 0.2) is 24.3 Å². The lowest BCUT2D eigenvalue weighted by molar-refractivity contribution is -0.154. The molecule has 0 radical (unpaired) electrons. The number of rotatable bonds is 4. The molecule has 0 saturated heterocycles. The fourth-order valence-corrected chi connectivity index (χ4v) is 2.65. The molecule has 0 saturated carbocycles. The average molecular weight is 246 g/mol. The van der Waals surface area contributed by atoms with Gasteiger partial charge < -0.3 is 4.74 Å². The molecule has 0 heterocycles. The Labute approximate surface area is 109 Å². The Morgan fingerprint density at radius 2 is 1.94 bits per heavy atom. The van der Waals surface area contributed by atoms with Crippen molar-refractivity contribution in [3.8, 4) is 0 Å². The summed E-state index contributed by atoms with van der Waals surface area (Å²) in [6, 6.07) is 8.46. The summed E-state index contributed by atoms with van der Waals surface area (Å²) in [5.41, 5.74) is 2.75. The fourth-order valence-electron chi connectivity index (χ4n) is 2.65. The van der Waals surface area contributed by atoms with Crippen LogP contribution in [0.3, 0.4) is 0 Å². The van der Waals surface area contributed by atoms with Gasteiger partial charge in [-0.25, -0.2) is 0 Å². The molecule has 98 valence electrons. The quantitative estimate of drug-likeness (QED) is 0.760. The second-order valence-corrected chi connectivity index (χ2v) is 5.08. The molecule has 1 unspecified atom stereocenters. The Bertz CT molecular complexity index is 407. The molecule has 0 bridgehead atoms. The summed E-state index contributed by atoms with van der Waals surface area (Å²) in [5.74, 6) is 0.0616. The largest absolute Gasteiger partial charge is 0.462 e. The van der Waals surface area contributed by atoms with Gasteiger partial charge in [0, 0.05) is 6.42 Å². The first-order valence-electron chi connectivity index (χ1n) is 7.01. The second kappa shape index (κ2) is 6.03. The zero-order chi connectivity index (χ0) is 13.0. The number of benzene rings is 1. The number of ether oxygens (including phenoxy) is 1. The maximum Gasteiger partial charge on any atom is 0.309 e. The molecule has 0 spiro atoms. The van der Waals surface area contributed by atoms with E-state index in [1.807, 2.05) is 13.8 Å². The molecule has 1 aliphatic carbocycles. The number of aryl methyl sites for hydroxylation is 1. The molecule has 2 nitrogen and oxygen atoms in total. The van der Waals surface area contributed by atoms with Crippen LogP contribution in [-0.2, 0) is 22.4 Å². The highest BCUT2D eigenvalue weighted by atomic mass is 16.5. The summed E-state index contributed by atoms with van der Waals surface area (Å²) in [5, 5.41) is 0. The van der Waals surface area contributed by atoms with Crippen molar-refractivity contribution in [2.75, 3.05) is 0 Å². The topological polar surface area (TPSA) is 26.3 Å². The number of esters is 1. The van der Waals surface area contributed by atoms with Crippen LogP contribution in [0.1, 0.15) is 44.2 Å². The summed E-state index contributed by atoms with van der Waals surface area (Å²) >= 11 is 0. The molecule has 1 aliphatic rings. The van der Waals surface area contributed by atoms with E-state index in [-0.39, 0.29) is 18.0 Å². The number of fused-ring (bicyclic) bond motifs is 1. The van der Waals surface area contributed by atoms with E-state index in [1.54, 1.807) is 0 Å². The van der Waals surface area contributed by atoms with E-state index in [2.05, 4.69) is 24.3 Å². The van der Waals surface area contributed by atoms with Crippen molar-refractivity contribution in [1.29, 1.82) is 0 Å². The molecular weight excluding hydrogens is 224 g/mol. The first kappa shape index (κ1) is 13.1. The SMILES string of the molecule is CCC(CC)C(=O)OC1CCc2ccccc2C1. The maximum atomic E-state index is 12.0. The predicted octanol–water partition coefficient (Wildman–Crippen LogP) is 3.52. The minimum absolute atomic E-state index is 0.00983. The summed E-state index contributed by atoms with van der Waals surface area (Å²) in [6.07, 6.45) is 4.69. The Kier molecular flexibility index (Phi) is 4.40. The molecule has 2 heteroatoms. The molecule has 1 atom stereocenters. The first-order chi connectivity index (χ1) is 8.74. The molecular formula is C16H22O2. The standard InChI is InChI=1S/C16H22O2/c1-3-12(4-2)16(17)18-15-10-9-13-7-5-6-8-14(13)11-15/h5-8,12,15H,3-4,9-11H2,1-2H3. The smallest absolute Gasteiger partial charge is 0.309 e. The molecule has 0 aromatic heterocycles. The van der Waals surface area contributed by atoms with Crippen LogP contribution in [-0.4, -0.2) is 12.1 Å². The Morgan fingerprint density at radius 3 is 2.61 bits per heavy atom. The molecule has 1 aromatic rings. The molecule has 1 aromatic carbocycles. The van der Waals surface area contributed by atoms with Crippen LogP contribution in [0, 0.1) is 5.92 Å². The normalized spacial score (nSPS) is 18.5. The minimum atomic E-state index is -0.00983. The number of carbonyl (C=O) groups excluding carboxylic acids is 1. The number of hydrogen-bond donors (Lipinski definition) is 0. The molecule has 2 rings (SSSR count). The van der Waals surface area contributed by atoms with Crippen LogP contribution in [0.5, 0.6) is 0 Å². The van der Waals surface area contributed by atoms with Crippen molar-refractivity contribution in [1.82, 2.24) is 0 Å². The van der Waals surface area contributed by atoms with Crippen LogP contribution < -0.4 is 0 Å². The van der Waals surface area contributed by atoms with Crippen LogP contribution in [0.25, 0.3) is 0 Å². The summed E-state index contributed by atoms with van der Waals surface area (Å²) in [4.78, 5) is 12.0. The van der Waals surface area contributed by atoms with E-state index in [0.29, 0.717) is 0 Å². The lowest BCUT2D eigenvalue weighted by Gasteiger charge is -2.26. The molecule has 0 fully saturated rings.